The van der Waals surface area contributed by atoms with Crippen LogP contribution in [0.5, 0.6) is 0 Å². The first kappa shape index (κ1) is 17.9. The van der Waals surface area contributed by atoms with Crippen molar-refractivity contribution in [2.45, 2.75) is 58.2 Å². The van der Waals surface area contributed by atoms with Crippen LogP contribution in [0, 0.1) is 34.5 Å². The van der Waals surface area contributed by atoms with Crippen molar-refractivity contribution in [2.75, 3.05) is 0 Å². The predicted molar refractivity (Wildman–Crippen MR) is 94.0 cm³/mol. The number of aliphatic hydroxyl groups is 1. The molecule has 3 fully saturated rings. The van der Waals surface area contributed by atoms with E-state index in [0.29, 0.717) is 19.3 Å². The van der Waals surface area contributed by atoms with Crippen molar-refractivity contribution < 1.29 is 24.2 Å². The molecule has 0 aliphatic heterocycles. The molecular formula is C21H27FO4. The second-order valence-corrected chi connectivity index (χ2v) is 9.38. The Kier molecular flexibility index (Phi) is 3.63. The number of fused-ring (bicyclic) bond motifs is 5. The first-order valence-electron chi connectivity index (χ1n) is 9.59. The Bertz CT molecular complexity index is 742. The van der Waals surface area contributed by atoms with Crippen molar-refractivity contribution in [3.63, 3.8) is 0 Å². The van der Waals surface area contributed by atoms with Crippen LogP contribution < -0.4 is 0 Å². The van der Waals surface area contributed by atoms with Crippen LogP contribution in [-0.2, 0) is 9.59 Å². The summed E-state index contributed by atoms with van der Waals surface area (Å²) < 4.78 is 16.7. The molecule has 26 heavy (non-hydrogen) atoms. The Hall–Kier alpha value is -1.49. The third kappa shape index (κ3) is 1.93. The molecule has 0 aromatic heterocycles. The number of carboxylic acids is 1. The van der Waals surface area contributed by atoms with Gasteiger partial charge in [-0.3, -0.25) is 9.59 Å². The van der Waals surface area contributed by atoms with Gasteiger partial charge in [0.25, 0.3) is 0 Å². The van der Waals surface area contributed by atoms with Crippen LogP contribution in [-0.4, -0.2) is 33.7 Å². The maximum Gasteiger partial charge on any atom is 0.307 e. The molecule has 1 unspecified atom stereocenters. The van der Waals surface area contributed by atoms with Crippen LogP contribution in [0.2, 0.25) is 0 Å². The lowest BCUT2D eigenvalue weighted by molar-refractivity contribution is -0.198. The number of aliphatic carboxylic acids is 1. The minimum absolute atomic E-state index is 0.0368. The van der Waals surface area contributed by atoms with E-state index >= 15 is 4.39 Å². The number of carboxylic acid groups (broad SMARTS) is 1. The summed E-state index contributed by atoms with van der Waals surface area (Å²) in [5.41, 5.74) is -2.72. The van der Waals surface area contributed by atoms with Crippen molar-refractivity contribution in [1.82, 2.24) is 0 Å². The van der Waals surface area contributed by atoms with E-state index in [0.717, 1.165) is 5.57 Å². The van der Waals surface area contributed by atoms with Crippen molar-refractivity contribution >= 4 is 11.8 Å². The number of rotatable bonds is 1. The number of halogens is 1. The van der Waals surface area contributed by atoms with Gasteiger partial charge in [0.15, 0.2) is 11.5 Å². The molecule has 0 aromatic rings. The zero-order chi connectivity index (χ0) is 19.1. The highest BCUT2D eigenvalue weighted by molar-refractivity contribution is 6.01. The van der Waals surface area contributed by atoms with Crippen molar-refractivity contribution in [2.24, 2.45) is 34.5 Å². The highest BCUT2D eigenvalue weighted by Gasteiger charge is 2.71. The number of ketones is 1. The summed E-state index contributed by atoms with van der Waals surface area (Å²) in [6, 6.07) is 0. The zero-order valence-electron chi connectivity index (χ0n) is 15.5. The molecule has 142 valence electrons. The summed E-state index contributed by atoms with van der Waals surface area (Å²) in [6.45, 7) is 5.65. The van der Waals surface area contributed by atoms with Gasteiger partial charge < -0.3 is 10.2 Å². The molecule has 0 bridgehead atoms. The standard InChI is InChI=1S/C21H27FO4/c1-11-8-15-14-5-4-12-9-13(23)6-7-20(12,3)21(14,22)16(24)10-19(15,2)17(11)18(25)26/h6-7,9,11,14-17,24H,4-5,8,10H2,1-3H3,(H,25,26)/t11-,14-,15-,16-,17?,19-,20-,21-/m0/s1. The highest BCUT2D eigenvalue weighted by Crippen LogP contribution is 2.69. The fourth-order valence-corrected chi connectivity index (χ4v) is 7.10. The van der Waals surface area contributed by atoms with E-state index in [4.69, 9.17) is 0 Å². The molecule has 5 heteroatoms. The van der Waals surface area contributed by atoms with E-state index in [1.165, 1.54) is 12.2 Å². The minimum atomic E-state index is -1.87. The summed E-state index contributed by atoms with van der Waals surface area (Å²) in [7, 11) is 0. The van der Waals surface area contributed by atoms with E-state index in [1.807, 2.05) is 13.8 Å². The Labute approximate surface area is 153 Å². The molecule has 2 N–H and O–H groups in total. The summed E-state index contributed by atoms with van der Waals surface area (Å²) in [6.07, 6.45) is 5.32. The number of carbonyl (C=O) groups excluding carboxylic acids is 1. The monoisotopic (exact) mass is 362 g/mol. The lowest BCUT2D eigenvalue weighted by Gasteiger charge is -2.61. The molecule has 0 spiro atoms. The number of hydrogen-bond acceptors (Lipinski definition) is 3. The summed E-state index contributed by atoms with van der Waals surface area (Å²) >= 11 is 0. The molecule has 0 amide bonds. The fourth-order valence-electron chi connectivity index (χ4n) is 7.10. The number of aliphatic hydroxyl groups excluding tert-OH is 1. The summed E-state index contributed by atoms with van der Waals surface area (Å²) in [5.74, 6) is -2.04. The summed E-state index contributed by atoms with van der Waals surface area (Å²) in [5, 5.41) is 20.8. The SMILES string of the molecule is C[C@H]1C[C@H]2[C@@H]3CCC4=CC(=O)C=C[C@]4(C)[C@@]3(F)[C@@H](O)C[C@]2(C)C1C(=O)O. The molecule has 0 radical (unpaired) electrons. The lowest BCUT2D eigenvalue weighted by atomic mass is 9.45. The van der Waals surface area contributed by atoms with Crippen LogP contribution in [0.1, 0.15) is 46.5 Å². The largest absolute Gasteiger partial charge is 0.481 e. The molecule has 8 atom stereocenters. The van der Waals surface area contributed by atoms with Crippen LogP contribution in [0.4, 0.5) is 4.39 Å². The minimum Gasteiger partial charge on any atom is -0.481 e. The van der Waals surface area contributed by atoms with Crippen LogP contribution >= 0.6 is 0 Å². The number of allylic oxidation sites excluding steroid dienone is 4. The normalized spacial score (nSPS) is 52.7. The third-order valence-electron chi connectivity index (χ3n) is 8.25. The zero-order valence-corrected chi connectivity index (χ0v) is 15.5. The van der Waals surface area contributed by atoms with Crippen molar-refractivity contribution in [3.05, 3.63) is 23.8 Å². The third-order valence-corrected chi connectivity index (χ3v) is 8.25. The number of carbonyl (C=O) groups is 2. The highest BCUT2D eigenvalue weighted by atomic mass is 19.1. The van der Waals surface area contributed by atoms with Gasteiger partial charge in [-0.05, 0) is 62.0 Å². The molecule has 4 aliphatic carbocycles. The van der Waals surface area contributed by atoms with Gasteiger partial charge in [0.1, 0.15) is 0 Å². The van der Waals surface area contributed by atoms with Gasteiger partial charge in [-0.15, -0.1) is 0 Å². The molecular weight excluding hydrogens is 335 g/mol. The molecule has 0 saturated heterocycles. The molecule has 4 rings (SSSR count). The maximum absolute atomic E-state index is 16.7. The second kappa shape index (κ2) is 5.28. The molecule has 4 aliphatic rings. The Morgan fingerprint density at radius 3 is 2.65 bits per heavy atom. The fraction of sp³-hybridized carbons (Fsp3) is 0.714. The quantitative estimate of drug-likeness (QED) is 0.750. The Balaban J connectivity index is 1.82. The first-order valence-corrected chi connectivity index (χ1v) is 9.59. The van der Waals surface area contributed by atoms with E-state index in [1.54, 1.807) is 13.0 Å². The smallest absolute Gasteiger partial charge is 0.307 e. The van der Waals surface area contributed by atoms with Crippen LogP contribution in [0.15, 0.2) is 23.8 Å². The molecule has 0 heterocycles. The van der Waals surface area contributed by atoms with Gasteiger partial charge in [-0.25, -0.2) is 4.39 Å². The number of alkyl halides is 1. The topological polar surface area (TPSA) is 74.6 Å². The average Bonchev–Trinajstić information content (AvgIpc) is 2.80. The Morgan fingerprint density at radius 1 is 1.31 bits per heavy atom. The van der Waals surface area contributed by atoms with E-state index < -0.39 is 40.4 Å². The van der Waals surface area contributed by atoms with Gasteiger partial charge in [0, 0.05) is 11.3 Å². The van der Waals surface area contributed by atoms with Gasteiger partial charge in [0.2, 0.25) is 0 Å². The average molecular weight is 362 g/mol. The van der Waals surface area contributed by atoms with Gasteiger partial charge in [-0.1, -0.05) is 25.5 Å². The van der Waals surface area contributed by atoms with E-state index in [-0.39, 0.29) is 24.0 Å². The first-order chi connectivity index (χ1) is 12.1. The molecule has 4 nitrogen and oxygen atoms in total. The van der Waals surface area contributed by atoms with Gasteiger partial charge in [-0.2, -0.15) is 0 Å². The van der Waals surface area contributed by atoms with Crippen LogP contribution in [0.3, 0.4) is 0 Å². The van der Waals surface area contributed by atoms with Crippen molar-refractivity contribution in [3.8, 4) is 0 Å². The van der Waals surface area contributed by atoms with E-state index in [9.17, 15) is 19.8 Å². The Morgan fingerprint density at radius 2 is 2.00 bits per heavy atom. The summed E-state index contributed by atoms with van der Waals surface area (Å²) in [4.78, 5) is 23.7. The van der Waals surface area contributed by atoms with Gasteiger partial charge >= 0.3 is 5.97 Å². The maximum atomic E-state index is 16.7. The molecule has 0 aromatic carbocycles. The molecule has 3 saturated carbocycles. The second-order valence-electron chi connectivity index (χ2n) is 9.38. The lowest BCUT2D eigenvalue weighted by Crippen LogP contribution is -2.66. The van der Waals surface area contributed by atoms with E-state index in [2.05, 4.69) is 0 Å². The van der Waals surface area contributed by atoms with Crippen LogP contribution in [0.25, 0.3) is 0 Å². The van der Waals surface area contributed by atoms with Crippen molar-refractivity contribution in [1.29, 1.82) is 0 Å². The number of hydrogen-bond donors (Lipinski definition) is 2. The van der Waals surface area contributed by atoms with Gasteiger partial charge in [0.05, 0.1) is 12.0 Å². The predicted octanol–water partition coefficient (Wildman–Crippen LogP) is 3.30.